The molecule has 0 aromatic heterocycles. The van der Waals surface area contributed by atoms with Gasteiger partial charge in [0, 0.05) is 18.6 Å². The first-order valence-corrected chi connectivity index (χ1v) is 13.4. The van der Waals surface area contributed by atoms with Crippen molar-refractivity contribution in [3.63, 3.8) is 0 Å². The van der Waals surface area contributed by atoms with Gasteiger partial charge in [-0.05, 0) is 60.9 Å². The number of anilines is 1. The van der Waals surface area contributed by atoms with Crippen molar-refractivity contribution in [1.29, 1.82) is 0 Å². The van der Waals surface area contributed by atoms with Crippen LogP contribution in [0, 0.1) is 6.92 Å². The van der Waals surface area contributed by atoms with Gasteiger partial charge < -0.3 is 10.2 Å². The summed E-state index contributed by atoms with van der Waals surface area (Å²) < 4.78 is 28.5. The molecule has 36 heavy (non-hydrogen) atoms. The smallest absolute Gasteiger partial charge is 0.264 e. The predicted octanol–water partition coefficient (Wildman–Crippen LogP) is 4.40. The highest BCUT2D eigenvalue weighted by Gasteiger charge is 2.33. The second-order valence-corrected chi connectivity index (χ2v) is 10.6. The third kappa shape index (κ3) is 6.44. The fraction of sp³-hybridized carbons (Fsp3) is 0.259. The molecule has 190 valence electrons. The molecule has 1 unspecified atom stereocenters. The molecule has 3 rings (SSSR count). The van der Waals surface area contributed by atoms with Crippen molar-refractivity contribution >= 4 is 39.1 Å². The minimum absolute atomic E-state index is 0.0712. The SMILES string of the molecule is CCC(C(=O)NC)N(Cc1ccc(Cl)cc1)C(=O)CN(c1cccc(C)c1)S(=O)(=O)c1ccccc1. The van der Waals surface area contributed by atoms with E-state index < -0.39 is 28.5 Å². The number of halogens is 1. The van der Waals surface area contributed by atoms with E-state index in [0.29, 0.717) is 17.1 Å². The summed E-state index contributed by atoms with van der Waals surface area (Å²) in [5, 5.41) is 3.16. The van der Waals surface area contributed by atoms with Crippen LogP contribution in [0.15, 0.2) is 83.8 Å². The van der Waals surface area contributed by atoms with Gasteiger partial charge in [0.1, 0.15) is 12.6 Å². The fourth-order valence-corrected chi connectivity index (χ4v) is 5.46. The van der Waals surface area contributed by atoms with Crippen LogP contribution < -0.4 is 9.62 Å². The molecule has 0 radical (unpaired) electrons. The second kappa shape index (κ2) is 12.1. The average Bonchev–Trinajstić information content (AvgIpc) is 2.88. The molecule has 2 amide bonds. The Morgan fingerprint density at radius 2 is 1.64 bits per heavy atom. The van der Waals surface area contributed by atoms with Gasteiger partial charge in [-0.15, -0.1) is 0 Å². The predicted molar refractivity (Wildman–Crippen MR) is 142 cm³/mol. The summed E-state index contributed by atoms with van der Waals surface area (Å²) in [4.78, 5) is 28.0. The number of carbonyl (C=O) groups excluding carboxylic acids is 2. The van der Waals surface area contributed by atoms with Crippen LogP contribution in [0.2, 0.25) is 5.02 Å². The lowest BCUT2D eigenvalue weighted by molar-refractivity contribution is -0.140. The van der Waals surface area contributed by atoms with Crippen LogP contribution in [-0.4, -0.2) is 44.8 Å². The lowest BCUT2D eigenvalue weighted by Crippen LogP contribution is -2.51. The van der Waals surface area contributed by atoms with E-state index in [1.54, 1.807) is 67.6 Å². The van der Waals surface area contributed by atoms with E-state index in [2.05, 4.69) is 5.32 Å². The van der Waals surface area contributed by atoms with Gasteiger partial charge in [-0.3, -0.25) is 13.9 Å². The number of nitrogens with zero attached hydrogens (tertiary/aromatic N) is 2. The maximum absolute atomic E-state index is 13.8. The molecular weight excluding hydrogens is 498 g/mol. The van der Waals surface area contributed by atoms with Crippen molar-refractivity contribution in [1.82, 2.24) is 10.2 Å². The van der Waals surface area contributed by atoms with E-state index in [1.807, 2.05) is 13.0 Å². The van der Waals surface area contributed by atoms with Gasteiger partial charge in [0.2, 0.25) is 11.8 Å². The van der Waals surface area contributed by atoms with Gasteiger partial charge >= 0.3 is 0 Å². The number of carbonyl (C=O) groups is 2. The van der Waals surface area contributed by atoms with Crippen LogP contribution in [0.4, 0.5) is 5.69 Å². The van der Waals surface area contributed by atoms with Gasteiger partial charge in [0.05, 0.1) is 10.6 Å². The summed E-state index contributed by atoms with van der Waals surface area (Å²) in [5.41, 5.74) is 1.98. The highest BCUT2D eigenvalue weighted by Crippen LogP contribution is 2.25. The zero-order valence-corrected chi connectivity index (χ0v) is 22.1. The molecule has 1 N–H and O–H groups in total. The Labute approximate surface area is 217 Å². The number of sulfonamides is 1. The maximum atomic E-state index is 13.8. The fourth-order valence-electron chi connectivity index (χ4n) is 3.90. The summed E-state index contributed by atoms with van der Waals surface area (Å²) in [6.45, 7) is 3.31. The summed E-state index contributed by atoms with van der Waals surface area (Å²) in [7, 11) is -2.56. The quantitative estimate of drug-likeness (QED) is 0.423. The number of nitrogens with one attached hydrogen (secondary N) is 1. The van der Waals surface area contributed by atoms with Gasteiger partial charge in [0.25, 0.3) is 10.0 Å². The number of amides is 2. The van der Waals surface area contributed by atoms with E-state index in [0.717, 1.165) is 15.4 Å². The number of benzene rings is 3. The van der Waals surface area contributed by atoms with Crippen molar-refractivity contribution in [3.8, 4) is 0 Å². The van der Waals surface area contributed by atoms with E-state index >= 15 is 0 Å². The third-order valence-corrected chi connectivity index (χ3v) is 7.84. The molecule has 3 aromatic rings. The summed E-state index contributed by atoms with van der Waals surface area (Å²) >= 11 is 6.01. The van der Waals surface area contributed by atoms with Crippen molar-refractivity contribution in [2.75, 3.05) is 17.9 Å². The Morgan fingerprint density at radius 1 is 0.972 bits per heavy atom. The molecule has 0 fully saturated rings. The Hall–Kier alpha value is -3.36. The molecule has 0 saturated heterocycles. The average molecular weight is 528 g/mol. The van der Waals surface area contributed by atoms with Gasteiger partial charge in [-0.2, -0.15) is 0 Å². The van der Waals surface area contributed by atoms with E-state index in [4.69, 9.17) is 11.6 Å². The molecule has 0 heterocycles. The highest BCUT2D eigenvalue weighted by atomic mass is 35.5. The Kier molecular flexibility index (Phi) is 9.12. The van der Waals surface area contributed by atoms with Gasteiger partial charge in [0.15, 0.2) is 0 Å². The number of likely N-dealkylation sites (N-methyl/N-ethyl adjacent to an activating group) is 1. The van der Waals surface area contributed by atoms with Crippen molar-refractivity contribution in [3.05, 3.63) is 95.0 Å². The molecule has 0 saturated carbocycles. The molecule has 0 aliphatic rings. The second-order valence-electron chi connectivity index (χ2n) is 8.35. The van der Waals surface area contributed by atoms with E-state index in [-0.39, 0.29) is 17.3 Å². The van der Waals surface area contributed by atoms with Crippen LogP contribution >= 0.6 is 11.6 Å². The van der Waals surface area contributed by atoms with Gasteiger partial charge in [-0.25, -0.2) is 8.42 Å². The van der Waals surface area contributed by atoms with Crippen LogP contribution in [-0.2, 0) is 26.2 Å². The van der Waals surface area contributed by atoms with Crippen molar-refractivity contribution in [2.45, 2.75) is 37.8 Å². The molecule has 0 aliphatic carbocycles. The first-order chi connectivity index (χ1) is 17.2. The molecular formula is C27H30ClN3O4S. The highest BCUT2D eigenvalue weighted by molar-refractivity contribution is 7.92. The first kappa shape index (κ1) is 27.2. The molecule has 0 bridgehead atoms. The van der Waals surface area contributed by atoms with Crippen LogP contribution in [0.1, 0.15) is 24.5 Å². The minimum Gasteiger partial charge on any atom is -0.357 e. The van der Waals surface area contributed by atoms with E-state index in [1.165, 1.54) is 24.1 Å². The standard InChI is InChI=1S/C27H30ClN3O4S/c1-4-25(27(33)29-3)30(18-21-13-15-22(28)16-14-21)26(32)19-31(23-10-8-9-20(2)17-23)36(34,35)24-11-6-5-7-12-24/h5-17,25H,4,18-19H2,1-3H3,(H,29,33). The third-order valence-electron chi connectivity index (χ3n) is 5.80. The zero-order chi connectivity index (χ0) is 26.3. The van der Waals surface area contributed by atoms with Crippen molar-refractivity contribution in [2.24, 2.45) is 0 Å². The topological polar surface area (TPSA) is 86.8 Å². The monoisotopic (exact) mass is 527 g/mol. The van der Waals surface area contributed by atoms with Crippen LogP contribution in [0.3, 0.4) is 0 Å². The summed E-state index contributed by atoms with van der Waals surface area (Å²) in [6, 6.07) is 21.1. The molecule has 3 aromatic carbocycles. The Bertz CT molecular complexity index is 1300. The molecule has 0 aliphatic heterocycles. The van der Waals surface area contributed by atoms with Crippen LogP contribution in [0.25, 0.3) is 0 Å². The zero-order valence-electron chi connectivity index (χ0n) is 20.5. The Balaban J connectivity index is 2.04. The number of aryl methyl sites for hydroxylation is 1. The molecule has 0 spiro atoms. The van der Waals surface area contributed by atoms with Gasteiger partial charge in [-0.1, -0.05) is 61.0 Å². The van der Waals surface area contributed by atoms with E-state index in [9.17, 15) is 18.0 Å². The molecule has 9 heteroatoms. The molecule has 7 nitrogen and oxygen atoms in total. The summed E-state index contributed by atoms with van der Waals surface area (Å²) in [5.74, 6) is -0.825. The minimum atomic E-state index is -4.07. The number of hydrogen-bond acceptors (Lipinski definition) is 4. The normalized spacial score (nSPS) is 12.0. The lowest BCUT2D eigenvalue weighted by atomic mass is 10.1. The van der Waals surface area contributed by atoms with Crippen LogP contribution in [0.5, 0.6) is 0 Å². The first-order valence-electron chi connectivity index (χ1n) is 11.6. The van der Waals surface area contributed by atoms with Crippen molar-refractivity contribution < 1.29 is 18.0 Å². The molecule has 1 atom stereocenters. The largest absolute Gasteiger partial charge is 0.357 e. The number of rotatable bonds is 10. The number of hydrogen-bond donors (Lipinski definition) is 1. The maximum Gasteiger partial charge on any atom is 0.264 e. The Morgan fingerprint density at radius 3 is 2.22 bits per heavy atom. The summed E-state index contributed by atoms with van der Waals surface area (Å²) in [6.07, 6.45) is 0.356. The lowest BCUT2D eigenvalue weighted by Gasteiger charge is -2.33.